The Morgan fingerprint density at radius 3 is 2.28 bits per heavy atom. The van der Waals surface area contributed by atoms with Crippen LogP contribution in [0.5, 0.6) is 0 Å². The van der Waals surface area contributed by atoms with E-state index in [1.807, 2.05) is 49.9 Å². The van der Waals surface area contributed by atoms with Gasteiger partial charge in [-0.3, -0.25) is 4.79 Å². The molecular formula is C14H22N2OS. The Labute approximate surface area is 114 Å². The SMILES string of the molecule is CCN(CC)C(=O)C(C)Sc1ccc(CN)cc1. The van der Waals surface area contributed by atoms with Crippen LogP contribution in [0.4, 0.5) is 0 Å². The van der Waals surface area contributed by atoms with Gasteiger partial charge in [0.1, 0.15) is 0 Å². The highest BCUT2D eigenvalue weighted by Gasteiger charge is 2.18. The summed E-state index contributed by atoms with van der Waals surface area (Å²) in [5.41, 5.74) is 6.67. The van der Waals surface area contributed by atoms with Crippen molar-refractivity contribution in [2.45, 2.75) is 37.5 Å². The largest absolute Gasteiger partial charge is 0.342 e. The number of nitrogens with zero attached hydrogens (tertiary/aromatic N) is 1. The van der Waals surface area contributed by atoms with Gasteiger partial charge in [0, 0.05) is 24.5 Å². The van der Waals surface area contributed by atoms with E-state index in [1.165, 1.54) is 0 Å². The van der Waals surface area contributed by atoms with E-state index >= 15 is 0 Å². The average Bonchev–Trinajstić information content (AvgIpc) is 2.40. The van der Waals surface area contributed by atoms with Crippen LogP contribution in [0.15, 0.2) is 29.2 Å². The number of thioether (sulfide) groups is 1. The molecule has 3 nitrogen and oxygen atoms in total. The third-order valence-electron chi connectivity index (χ3n) is 2.89. The van der Waals surface area contributed by atoms with Crippen LogP contribution in [-0.2, 0) is 11.3 Å². The molecule has 1 atom stereocenters. The lowest BCUT2D eigenvalue weighted by Crippen LogP contribution is -2.36. The van der Waals surface area contributed by atoms with E-state index in [4.69, 9.17) is 5.73 Å². The van der Waals surface area contributed by atoms with Crippen LogP contribution in [0.1, 0.15) is 26.3 Å². The molecule has 0 spiro atoms. The molecule has 0 saturated carbocycles. The molecule has 1 aromatic rings. The van der Waals surface area contributed by atoms with Gasteiger partial charge >= 0.3 is 0 Å². The zero-order valence-corrected chi connectivity index (χ0v) is 12.2. The molecule has 18 heavy (non-hydrogen) atoms. The minimum absolute atomic E-state index is 0.0476. The first-order valence-electron chi connectivity index (χ1n) is 6.36. The summed E-state index contributed by atoms with van der Waals surface area (Å²) in [6.45, 7) is 8.07. The van der Waals surface area contributed by atoms with E-state index in [9.17, 15) is 4.79 Å². The van der Waals surface area contributed by atoms with Crippen LogP contribution in [-0.4, -0.2) is 29.1 Å². The van der Waals surface area contributed by atoms with Crippen molar-refractivity contribution >= 4 is 17.7 Å². The second-order valence-corrected chi connectivity index (χ2v) is 5.53. The van der Waals surface area contributed by atoms with Crippen molar-refractivity contribution in [2.75, 3.05) is 13.1 Å². The molecule has 0 bridgehead atoms. The maximum Gasteiger partial charge on any atom is 0.235 e. The number of benzene rings is 1. The summed E-state index contributed by atoms with van der Waals surface area (Å²) in [4.78, 5) is 15.1. The van der Waals surface area contributed by atoms with Crippen LogP contribution in [0.25, 0.3) is 0 Å². The van der Waals surface area contributed by atoms with Crippen molar-refractivity contribution in [3.8, 4) is 0 Å². The highest BCUT2D eigenvalue weighted by Crippen LogP contribution is 2.24. The fraction of sp³-hybridized carbons (Fsp3) is 0.500. The first kappa shape index (κ1) is 15.1. The van der Waals surface area contributed by atoms with Crippen molar-refractivity contribution in [1.29, 1.82) is 0 Å². The quantitative estimate of drug-likeness (QED) is 0.805. The number of nitrogens with two attached hydrogens (primary N) is 1. The fourth-order valence-corrected chi connectivity index (χ4v) is 2.70. The van der Waals surface area contributed by atoms with Crippen molar-refractivity contribution in [2.24, 2.45) is 5.73 Å². The normalized spacial score (nSPS) is 12.2. The standard InChI is InChI=1S/C14H22N2OS/c1-4-16(5-2)14(17)11(3)18-13-8-6-12(10-15)7-9-13/h6-9,11H,4-5,10,15H2,1-3H3. The number of rotatable bonds is 6. The summed E-state index contributed by atoms with van der Waals surface area (Å²) in [5.74, 6) is 0.202. The van der Waals surface area contributed by atoms with E-state index in [1.54, 1.807) is 11.8 Å². The Bertz CT molecular complexity index is 374. The molecule has 0 saturated heterocycles. The summed E-state index contributed by atoms with van der Waals surface area (Å²) < 4.78 is 0. The first-order valence-corrected chi connectivity index (χ1v) is 7.24. The fourth-order valence-electron chi connectivity index (χ4n) is 1.75. The molecule has 0 aliphatic carbocycles. The third kappa shape index (κ3) is 4.03. The van der Waals surface area contributed by atoms with E-state index in [2.05, 4.69) is 0 Å². The number of amides is 1. The van der Waals surface area contributed by atoms with Gasteiger partial charge in [-0.25, -0.2) is 0 Å². The van der Waals surface area contributed by atoms with Gasteiger partial charge < -0.3 is 10.6 Å². The molecule has 0 heterocycles. The minimum atomic E-state index is -0.0476. The zero-order valence-electron chi connectivity index (χ0n) is 11.3. The molecule has 1 aromatic carbocycles. The molecule has 100 valence electrons. The Balaban J connectivity index is 2.62. The molecule has 0 aliphatic heterocycles. The Morgan fingerprint density at radius 1 is 1.28 bits per heavy atom. The van der Waals surface area contributed by atoms with Gasteiger partial charge in [-0.2, -0.15) is 0 Å². The van der Waals surface area contributed by atoms with Gasteiger partial charge in [-0.15, -0.1) is 11.8 Å². The molecule has 4 heteroatoms. The number of hydrogen-bond acceptors (Lipinski definition) is 3. The molecule has 1 rings (SSSR count). The monoisotopic (exact) mass is 266 g/mol. The summed E-state index contributed by atoms with van der Waals surface area (Å²) >= 11 is 1.60. The predicted octanol–water partition coefficient (Wildman–Crippen LogP) is 2.49. The molecule has 0 aromatic heterocycles. The lowest BCUT2D eigenvalue weighted by atomic mass is 10.2. The van der Waals surface area contributed by atoms with Gasteiger partial charge in [0.15, 0.2) is 0 Å². The van der Waals surface area contributed by atoms with Crippen molar-refractivity contribution in [3.63, 3.8) is 0 Å². The van der Waals surface area contributed by atoms with Gasteiger partial charge in [0.2, 0.25) is 5.91 Å². The second-order valence-electron chi connectivity index (χ2n) is 4.12. The van der Waals surface area contributed by atoms with Crippen LogP contribution < -0.4 is 5.73 Å². The molecule has 0 fully saturated rings. The predicted molar refractivity (Wildman–Crippen MR) is 77.6 cm³/mol. The highest BCUT2D eigenvalue weighted by molar-refractivity contribution is 8.00. The summed E-state index contributed by atoms with van der Waals surface area (Å²) in [7, 11) is 0. The average molecular weight is 266 g/mol. The lowest BCUT2D eigenvalue weighted by Gasteiger charge is -2.22. The van der Waals surface area contributed by atoms with Crippen LogP contribution in [0, 0.1) is 0 Å². The lowest BCUT2D eigenvalue weighted by molar-refractivity contribution is -0.129. The molecular weight excluding hydrogens is 244 g/mol. The Morgan fingerprint density at radius 2 is 1.83 bits per heavy atom. The maximum atomic E-state index is 12.1. The van der Waals surface area contributed by atoms with Crippen LogP contribution in [0.3, 0.4) is 0 Å². The zero-order chi connectivity index (χ0) is 13.5. The van der Waals surface area contributed by atoms with Crippen molar-refractivity contribution < 1.29 is 4.79 Å². The highest BCUT2D eigenvalue weighted by atomic mass is 32.2. The van der Waals surface area contributed by atoms with E-state index < -0.39 is 0 Å². The van der Waals surface area contributed by atoms with Crippen LogP contribution >= 0.6 is 11.8 Å². The maximum absolute atomic E-state index is 12.1. The van der Waals surface area contributed by atoms with Gasteiger partial charge in [-0.1, -0.05) is 12.1 Å². The first-order chi connectivity index (χ1) is 8.62. The topological polar surface area (TPSA) is 46.3 Å². The molecule has 2 N–H and O–H groups in total. The summed E-state index contributed by atoms with van der Waals surface area (Å²) in [6.07, 6.45) is 0. The third-order valence-corrected chi connectivity index (χ3v) is 3.99. The molecule has 0 radical (unpaired) electrons. The second kappa shape index (κ2) is 7.44. The Kier molecular flexibility index (Phi) is 6.22. The molecule has 0 aliphatic rings. The number of carbonyl (C=O) groups excluding carboxylic acids is 1. The van der Waals surface area contributed by atoms with E-state index in [0.29, 0.717) is 6.54 Å². The Hall–Kier alpha value is -1.00. The van der Waals surface area contributed by atoms with Crippen LogP contribution in [0.2, 0.25) is 0 Å². The number of hydrogen-bond donors (Lipinski definition) is 1. The van der Waals surface area contributed by atoms with Crippen molar-refractivity contribution in [1.82, 2.24) is 4.90 Å². The van der Waals surface area contributed by atoms with E-state index in [0.717, 1.165) is 23.5 Å². The summed E-state index contributed by atoms with van der Waals surface area (Å²) in [5, 5.41) is -0.0476. The van der Waals surface area contributed by atoms with Gasteiger partial charge in [0.05, 0.1) is 5.25 Å². The smallest absolute Gasteiger partial charge is 0.235 e. The van der Waals surface area contributed by atoms with Crippen molar-refractivity contribution in [3.05, 3.63) is 29.8 Å². The van der Waals surface area contributed by atoms with Gasteiger partial charge in [0.25, 0.3) is 0 Å². The molecule has 1 unspecified atom stereocenters. The summed E-state index contributed by atoms with van der Waals surface area (Å²) in [6, 6.07) is 8.08. The molecule has 1 amide bonds. The van der Waals surface area contributed by atoms with Gasteiger partial charge in [-0.05, 0) is 38.5 Å². The minimum Gasteiger partial charge on any atom is -0.342 e. The van der Waals surface area contributed by atoms with E-state index in [-0.39, 0.29) is 11.2 Å². The number of carbonyl (C=O) groups is 1.